The van der Waals surface area contributed by atoms with Crippen molar-refractivity contribution in [3.05, 3.63) is 0 Å². The number of nitrogens with one attached hydrogen (secondary N) is 1. The molecule has 2 N–H and O–H groups in total. The molecule has 0 amide bonds. The zero-order valence-corrected chi connectivity index (χ0v) is 12.0. The van der Waals surface area contributed by atoms with E-state index in [4.69, 9.17) is 0 Å². The molecule has 0 aromatic carbocycles. The maximum absolute atomic E-state index is 11.3. The summed E-state index contributed by atoms with van der Waals surface area (Å²) in [5.74, 6) is -0.738. The second kappa shape index (κ2) is 6.64. The van der Waals surface area contributed by atoms with E-state index in [0.717, 1.165) is 5.25 Å². The first-order valence-electron chi connectivity index (χ1n) is 6.62. The molecule has 0 aromatic heterocycles. The predicted molar refractivity (Wildman–Crippen MR) is 73.6 cm³/mol. The molecule has 2 unspecified atom stereocenters. The van der Waals surface area contributed by atoms with Crippen LogP contribution in [0.4, 0.5) is 0 Å². The quantitative estimate of drug-likeness (QED) is 0.738. The number of carboxylic acid groups (broad SMARTS) is 1. The Labute approximate surface area is 109 Å². The van der Waals surface area contributed by atoms with Gasteiger partial charge in [-0.05, 0) is 32.7 Å². The van der Waals surface area contributed by atoms with Gasteiger partial charge in [-0.25, -0.2) is 0 Å². The second-order valence-corrected chi connectivity index (χ2v) is 6.97. The number of carboxylic acids is 1. The van der Waals surface area contributed by atoms with Crippen LogP contribution in [0.3, 0.4) is 0 Å². The van der Waals surface area contributed by atoms with Gasteiger partial charge in [-0.15, -0.1) is 0 Å². The van der Waals surface area contributed by atoms with Crippen LogP contribution in [-0.2, 0) is 4.79 Å². The maximum atomic E-state index is 11.3. The van der Waals surface area contributed by atoms with E-state index in [1.54, 1.807) is 6.92 Å². The lowest BCUT2D eigenvalue weighted by molar-refractivity contribution is -0.144. The van der Waals surface area contributed by atoms with Crippen LogP contribution in [0.25, 0.3) is 0 Å². The molecular formula is C13H25NO2S. The van der Waals surface area contributed by atoms with Crippen molar-refractivity contribution in [1.82, 2.24) is 5.32 Å². The van der Waals surface area contributed by atoms with E-state index in [1.807, 2.05) is 18.7 Å². The molecule has 0 radical (unpaired) electrons. The molecule has 0 aliphatic heterocycles. The Morgan fingerprint density at radius 3 is 2.59 bits per heavy atom. The Morgan fingerprint density at radius 1 is 1.53 bits per heavy atom. The molecule has 0 spiro atoms. The van der Waals surface area contributed by atoms with Crippen LogP contribution >= 0.6 is 11.8 Å². The molecule has 100 valence electrons. The molecule has 17 heavy (non-hydrogen) atoms. The summed E-state index contributed by atoms with van der Waals surface area (Å²) in [7, 11) is 0. The van der Waals surface area contributed by atoms with E-state index in [1.165, 1.54) is 25.7 Å². The first-order chi connectivity index (χ1) is 7.98. The topological polar surface area (TPSA) is 49.3 Å². The molecule has 1 saturated carbocycles. The maximum Gasteiger partial charge on any atom is 0.323 e. The number of aliphatic carboxylic acids is 1. The average molecular weight is 259 g/mol. The van der Waals surface area contributed by atoms with Crippen molar-refractivity contribution in [1.29, 1.82) is 0 Å². The summed E-state index contributed by atoms with van der Waals surface area (Å²) < 4.78 is 0. The normalized spacial score (nSPS) is 22.3. The van der Waals surface area contributed by atoms with E-state index in [2.05, 4.69) is 12.2 Å². The van der Waals surface area contributed by atoms with Gasteiger partial charge in [-0.1, -0.05) is 26.7 Å². The summed E-state index contributed by atoms with van der Waals surface area (Å²) >= 11 is 1.97. The van der Waals surface area contributed by atoms with Crippen molar-refractivity contribution < 1.29 is 9.90 Å². The number of rotatable bonds is 7. The third-order valence-corrected chi connectivity index (χ3v) is 4.95. The fraction of sp³-hybridized carbons (Fsp3) is 0.923. The fourth-order valence-electron chi connectivity index (χ4n) is 2.60. The molecular weight excluding hydrogens is 234 g/mol. The van der Waals surface area contributed by atoms with Crippen LogP contribution in [0.1, 0.15) is 52.9 Å². The molecule has 0 aromatic rings. The molecule has 2 atom stereocenters. The highest BCUT2D eigenvalue weighted by Gasteiger charge is 2.34. The Balaban J connectivity index is 2.45. The first-order valence-corrected chi connectivity index (χ1v) is 7.56. The van der Waals surface area contributed by atoms with Crippen molar-refractivity contribution in [3.63, 3.8) is 0 Å². The van der Waals surface area contributed by atoms with Gasteiger partial charge in [0.1, 0.15) is 5.54 Å². The lowest BCUT2D eigenvalue weighted by Gasteiger charge is -2.29. The van der Waals surface area contributed by atoms with Gasteiger partial charge in [0.05, 0.1) is 0 Å². The van der Waals surface area contributed by atoms with E-state index in [-0.39, 0.29) is 0 Å². The van der Waals surface area contributed by atoms with Crippen molar-refractivity contribution in [3.8, 4) is 0 Å². The monoisotopic (exact) mass is 259 g/mol. The number of thioether (sulfide) groups is 1. The predicted octanol–water partition coefficient (Wildman–Crippen LogP) is 2.89. The number of hydrogen-bond donors (Lipinski definition) is 2. The Bertz CT molecular complexity index is 254. The zero-order chi connectivity index (χ0) is 12.9. The molecule has 1 aliphatic carbocycles. The molecule has 1 rings (SSSR count). The smallest absolute Gasteiger partial charge is 0.323 e. The summed E-state index contributed by atoms with van der Waals surface area (Å²) in [6.45, 7) is 6.60. The number of carbonyl (C=O) groups is 1. The lowest BCUT2D eigenvalue weighted by Crippen LogP contribution is -2.51. The van der Waals surface area contributed by atoms with Crippen molar-refractivity contribution in [2.24, 2.45) is 0 Å². The van der Waals surface area contributed by atoms with Gasteiger partial charge in [-0.2, -0.15) is 11.8 Å². The van der Waals surface area contributed by atoms with Crippen LogP contribution < -0.4 is 5.32 Å². The van der Waals surface area contributed by atoms with E-state index in [0.29, 0.717) is 18.2 Å². The van der Waals surface area contributed by atoms with Crippen molar-refractivity contribution >= 4 is 17.7 Å². The van der Waals surface area contributed by atoms with Crippen molar-refractivity contribution in [2.75, 3.05) is 6.54 Å². The van der Waals surface area contributed by atoms with Crippen LogP contribution in [0.5, 0.6) is 0 Å². The standard InChI is InChI=1S/C13H25NO2S/c1-4-14-13(3,12(15)16)9-10(2)17-11-7-5-6-8-11/h10-11,14H,4-9H2,1-3H3,(H,15,16). The van der Waals surface area contributed by atoms with Gasteiger partial charge in [0.25, 0.3) is 0 Å². The van der Waals surface area contributed by atoms with Crippen LogP contribution in [0.2, 0.25) is 0 Å². The highest BCUT2D eigenvalue weighted by atomic mass is 32.2. The van der Waals surface area contributed by atoms with Gasteiger partial charge < -0.3 is 10.4 Å². The summed E-state index contributed by atoms with van der Waals surface area (Å²) in [6, 6.07) is 0. The third kappa shape index (κ3) is 4.51. The molecule has 0 saturated heterocycles. The highest BCUT2D eigenvalue weighted by Crippen LogP contribution is 2.34. The van der Waals surface area contributed by atoms with Gasteiger partial charge in [-0.3, -0.25) is 4.79 Å². The Morgan fingerprint density at radius 2 is 2.12 bits per heavy atom. The molecule has 0 bridgehead atoms. The van der Waals surface area contributed by atoms with Crippen LogP contribution in [-0.4, -0.2) is 33.7 Å². The average Bonchev–Trinajstić information content (AvgIpc) is 2.70. The number of hydrogen-bond acceptors (Lipinski definition) is 3. The molecule has 4 heteroatoms. The second-order valence-electron chi connectivity index (χ2n) is 5.22. The fourth-order valence-corrected chi connectivity index (χ4v) is 4.29. The summed E-state index contributed by atoms with van der Waals surface area (Å²) in [6.07, 6.45) is 5.99. The van der Waals surface area contributed by atoms with Crippen LogP contribution in [0, 0.1) is 0 Å². The van der Waals surface area contributed by atoms with Gasteiger partial charge in [0.2, 0.25) is 0 Å². The van der Waals surface area contributed by atoms with Gasteiger partial charge in [0.15, 0.2) is 0 Å². The minimum absolute atomic E-state index is 0.401. The van der Waals surface area contributed by atoms with E-state index in [9.17, 15) is 9.90 Å². The summed E-state index contributed by atoms with van der Waals surface area (Å²) in [5.41, 5.74) is -0.778. The molecule has 1 aliphatic rings. The summed E-state index contributed by atoms with van der Waals surface area (Å²) in [4.78, 5) is 11.3. The minimum atomic E-state index is -0.778. The number of likely N-dealkylation sites (N-methyl/N-ethyl adjacent to an activating group) is 1. The summed E-state index contributed by atoms with van der Waals surface area (Å²) in [5, 5.41) is 13.6. The highest BCUT2D eigenvalue weighted by molar-refractivity contribution is 8.00. The molecule has 1 fully saturated rings. The van der Waals surface area contributed by atoms with Gasteiger partial charge in [0, 0.05) is 10.5 Å². The first kappa shape index (κ1) is 14.8. The molecule has 0 heterocycles. The SMILES string of the molecule is CCNC(C)(CC(C)SC1CCCC1)C(=O)O. The van der Waals surface area contributed by atoms with E-state index >= 15 is 0 Å². The third-order valence-electron chi connectivity index (χ3n) is 3.46. The zero-order valence-electron chi connectivity index (χ0n) is 11.2. The van der Waals surface area contributed by atoms with Crippen LogP contribution in [0.15, 0.2) is 0 Å². The largest absolute Gasteiger partial charge is 0.480 e. The van der Waals surface area contributed by atoms with E-state index < -0.39 is 11.5 Å². The Hall–Kier alpha value is -0.220. The molecule has 3 nitrogen and oxygen atoms in total. The van der Waals surface area contributed by atoms with Crippen molar-refractivity contribution in [2.45, 2.75) is 68.9 Å². The van der Waals surface area contributed by atoms with Gasteiger partial charge >= 0.3 is 5.97 Å². The minimum Gasteiger partial charge on any atom is -0.480 e. The Kier molecular flexibility index (Phi) is 5.80. The lowest BCUT2D eigenvalue weighted by atomic mass is 9.96.